The number of aliphatic hydroxyl groups excluding tert-OH is 1. The van der Waals surface area contributed by atoms with Crippen LogP contribution < -0.4 is 4.72 Å². The molecule has 2 aliphatic rings. The molecule has 0 bridgehead atoms. The van der Waals surface area contributed by atoms with Crippen molar-refractivity contribution >= 4 is 10.0 Å². The smallest absolute Gasteiger partial charge is 0.246 e. The normalized spacial score (nSPS) is 23.6. The van der Waals surface area contributed by atoms with E-state index in [-0.39, 0.29) is 23.5 Å². The van der Waals surface area contributed by atoms with Gasteiger partial charge >= 0.3 is 0 Å². The molecule has 2 aromatic rings. The molecule has 2 aromatic heterocycles. The van der Waals surface area contributed by atoms with Crippen molar-refractivity contribution in [3.05, 3.63) is 23.1 Å². The molecule has 2 saturated carbocycles. The molecule has 0 aliphatic heterocycles. The number of aryl methyl sites for hydroxylation is 2. The molecule has 2 N–H and O–H groups in total. The molecule has 0 radical (unpaired) electrons. The summed E-state index contributed by atoms with van der Waals surface area (Å²) in [5.74, 6) is 1.91. The molecule has 136 valence electrons. The first-order valence-electron chi connectivity index (χ1n) is 8.40. The van der Waals surface area contributed by atoms with Crippen LogP contribution in [0.5, 0.6) is 0 Å². The molecule has 0 spiro atoms. The van der Waals surface area contributed by atoms with Crippen molar-refractivity contribution in [3.63, 3.8) is 0 Å². The quantitative estimate of drug-likeness (QED) is 0.778. The molecule has 9 nitrogen and oxygen atoms in total. The first kappa shape index (κ1) is 16.7. The zero-order chi connectivity index (χ0) is 17.8. The monoisotopic (exact) mass is 367 g/mol. The molecule has 0 saturated heterocycles. The lowest BCUT2D eigenvalue weighted by Gasteiger charge is -2.35. The van der Waals surface area contributed by atoms with E-state index in [1.807, 2.05) is 4.57 Å². The highest BCUT2D eigenvalue weighted by Crippen LogP contribution is 2.43. The maximum absolute atomic E-state index is 12.5. The molecule has 10 heteroatoms. The van der Waals surface area contributed by atoms with Crippen molar-refractivity contribution in [1.82, 2.24) is 24.6 Å². The summed E-state index contributed by atoms with van der Waals surface area (Å²) in [4.78, 5) is 0.125. The molecule has 2 aliphatic carbocycles. The van der Waals surface area contributed by atoms with Gasteiger partial charge in [-0.25, -0.2) is 13.1 Å². The number of nitrogens with one attached hydrogen (secondary N) is 1. The molecule has 0 atom stereocenters. The third-order valence-corrected chi connectivity index (χ3v) is 6.67. The van der Waals surface area contributed by atoms with E-state index in [1.54, 1.807) is 13.8 Å². The van der Waals surface area contributed by atoms with E-state index < -0.39 is 10.0 Å². The van der Waals surface area contributed by atoms with E-state index >= 15 is 0 Å². The van der Waals surface area contributed by atoms with Gasteiger partial charge in [0.05, 0.1) is 0 Å². The topological polar surface area (TPSA) is 123 Å². The Labute approximate surface area is 145 Å². The summed E-state index contributed by atoms with van der Waals surface area (Å²) in [6.07, 6.45) is 3.48. The molecule has 0 amide bonds. The fourth-order valence-electron chi connectivity index (χ4n) is 3.52. The molecule has 2 fully saturated rings. The van der Waals surface area contributed by atoms with Crippen LogP contribution in [0.2, 0.25) is 0 Å². The van der Waals surface area contributed by atoms with Crippen LogP contribution in [-0.2, 0) is 16.6 Å². The largest absolute Gasteiger partial charge is 0.388 e. The zero-order valence-electron chi connectivity index (χ0n) is 14.1. The number of sulfonamides is 1. The van der Waals surface area contributed by atoms with Crippen molar-refractivity contribution in [2.24, 2.45) is 0 Å². The van der Waals surface area contributed by atoms with Gasteiger partial charge in [-0.3, -0.25) is 0 Å². The van der Waals surface area contributed by atoms with Gasteiger partial charge in [-0.2, -0.15) is 0 Å². The van der Waals surface area contributed by atoms with Gasteiger partial charge in [-0.15, -0.1) is 10.2 Å². The predicted octanol–water partition coefficient (Wildman–Crippen LogP) is 0.935. The Balaban J connectivity index is 1.46. The fourth-order valence-corrected chi connectivity index (χ4v) is 5.11. The standard InChI is InChI=1S/C15H21N5O4S/c1-8-14(9(2)24-18-8)25(22,23)19-11-5-10(6-11)15-17-16-13(7-21)20(15)12-3-4-12/h10-12,19,21H,3-7H2,1-2H3. The molecule has 25 heavy (non-hydrogen) atoms. The number of hydrogen-bond donors (Lipinski definition) is 2. The fraction of sp³-hybridized carbons (Fsp3) is 0.667. The first-order chi connectivity index (χ1) is 11.9. The van der Waals surface area contributed by atoms with Crippen LogP contribution in [0, 0.1) is 13.8 Å². The lowest BCUT2D eigenvalue weighted by Crippen LogP contribution is -2.44. The van der Waals surface area contributed by atoms with Crippen LogP contribution in [0.25, 0.3) is 0 Å². The van der Waals surface area contributed by atoms with Crippen molar-refractivity contribution in [1.29, 1.82) is 0 Å². The van der Waals surface area contributed by atoms with E-state index in [4.69, 9.17) is 4.52 Å². The Kier molecular flexibility index (Phi) is 3.93. The van der Waals surface area contributed by atoms with Crippen LogP contribution in [0.1, 0.15) is 60.7 Å². The van der Waals surface area contributed by atoms with Crippen molar-refractivity contribution in [2.75, 3.05) is 0 Å². The van der Waals surface area contributed by atoms with Gasteiger partial charge in [0, 0.05) is 18.0 Å². The number of rotatable bonds is 6. The van der Waals surface area contributed by atoms with Gasteiger partial charge in [-0.05, 0) is 39.5 Å². The van der Waals surface area contributed by atoms with Crippen molar-refractivity contribution in [2.45, 2.75) is 69.0 Å². The minimum atomic E-state index is -3.65. The summed E-state index contributed by atoms with van der Waals surface area (Å²) in [5.41, 5.74) is 0.363. The van der Waals surface area contributed by atoms with Crippen molar-refractivity contribution in [3.8, 4) is 0 Å². The number of aliphatic hydroxyl groups is 1. The summed E-state index contributed by atoms with van der Waals surface area (Å²) in [5, 5.41) is 21.4. The Bertz CT molecular complexity index is 874. The maximum Gasteiger partial charge on any atom is 0.246 e. The molecule has 0 aromatic carbocycles. The van der Waals surface area contributed by atoms with Gasteiger partial charge in [0.25, 0.3) is 0 Å². The molecule has 0 unspecified atom stereocenters. The van der Waals surface area contributed by atoms with Crippen LogP contribution in [0.4, 0.5) is 0 Å². The minimum Gasteiger partial charge on any atom is -0.388 e. The van der Waals surface area contributed by atoms with E-state index in [0.29, 0.717) is 36.2 Å². The van der Waals surface area contributed by atoms with E-state index in [2.05, 4.69) is 20.1 Å². The van der Waals surface area contributed by atoms with E-state index in [0.717, 1.165) is 18.7 Å². The Morgan fingerprint density at radius 1 is 1.28 bits per heavy atom. The third kappa shape index (κ3) is 2.87. The van der Waals surface area contributed by atoms with Crippen LogP contribution in [0.15, 0.2) is 9.42 Å². The van der Waals surface area contributed by atoms with Crippen LogP contribution in [0.3, 0.4) is 0 Å². The zero-order valence-corrected chi connectivity index (χ0v) is 15.0. The average Bonchev–Trinajstić information content (AvgIpc) is 3.18. The Hall–Kier alpha value is -1.78. The second kappa shape index (κ2) is 5.89. The van der Waals surface area contributed by atoms with Crippen LogP contribution in [-0.4, -0.2) is 39.5 Å². The Morgan fingerprint density at radius 2 is 2.00 bits per heavy atom. The Morgan fingerprint density at radius 3 is 2.56 bits per heavy atom. The average molecular weight is 367 g/mol. The highest BCUT2D eigenvalue weighted by Gasteiger charge is 2.40. The maximum atomic E-state index is 12.5. The minimum absolute atomic E-state index is 0.125. The van der Waals surface area contributed by atoms with E-state index in [9.17, 15) is 13.5 Å². The summed E-state index contributed by atoms with van der Waals surface area (Å²) < 4.78 is 34.8. The highest BCUT2D eigenvalue weighted by atomic mass is 32.2. The summed E-state index contributed by atoms with van der Waals surface area (Å²) in [7, 11) is -3.65. The molecule has 4 rings (SSSR count). The number of aromatic nitrogens is 4. The second-order valence-electron chi connectivity index (χ2n) is 6.87. The molecular formula is C15H21N5O4S. The summed E-state index contributed by atoms with van der Waals surface area (Å²) >= 11 is 0. The van der Waals surface area contributed by atoms with Gasteiger partial charge in [-0.1, -0.05) is 5.16 Å². The van der Waals surface area contributed by atoms with Gasteiger partial charge in [0.2, 0.25) is 10.0 Å². The first-order valence-corrected chi connectivity index (χ1v) is 9.88. The van der Waals surface area contributed by atoms with Gasteiger partial charge < -0.3 is 14.2 Å². The molecule has 2 heterocycles. The summed E-state index contributed by atoms with van der Waals surface area (Å²) in [6, 6.07) is 0.232. The summed E-state index contributed by atoms with van der Waals surface area (Å²) in [6.45, 7) is 3.08. The van der Waals surface area contributed by atoms with Crippen molar-refractivity contribution < 1.29 is 18.0 Å². The predicted molar refractivity (Wildman–Crippen MR) is 86.3 cm³/mol. The lowest BCUT2D eigenvalue weighted by molar-refractivity contribution is 0.261. The molecular weight excluding hydrogens is 346 g/mol. The SMILES string of the molecule is Cc1noc(C)c1S(=O)(=O)NC1CC(c2nnc(CO)n2C2CC2)C1. The van der Waals surface area contributed by atoms with Gasteiger partial charge in [0.15, 0.2) is 11.6 Å². The second-order valence-corrected chi connectivity index (χ2v) is 8.52. The van der Waals surface area contributed by atoms with E-state index in [1.165, 1.54) is 0 Å². The lowest BCUT2D eigenvalue weighted by atomic mass is 9.80. The number of nitrogens with zero attached hydrogens (tertiary/aromatic N) is 4. The van der Waals surface area contributed by atoms with Crippen LogP contribution >= 0.6 is 0 Å². The third-order valence-electron chi connectivity index (χ3n) is 4.91. The number of hydrogen-bond acceptors (Lipinski definition) is 7. The van der Waals surface area contributed by atoms with Gasteiger partial charge in [0.1, 0.15) is 23.0 Å². The highest BCUT2D eigenvalue weighted by molar-refractivity contribution is 7.89.